The third-order valence-corrected chi connectivity index (χ3v) is 6.93. The van der Waals surface area contributed by atoms with E-state index in [0.29, 0.717) is 11.1 Å². The van der Waals surface area contributed by atoms with Gasteiger partial charge in [-0.05, 0) is 36.6 Å². The molecule has 0 aliphatic carbocycles. The van der Waals surface area contributed by atoms with E-state index in [0.717, 1.165) is 5.56 Å². The van der Waals surface area contributed by atoms with E-state index >= 15 is 0 Å². The number of aryl methyl sites for hydroxylation is 1. The first-order chi connectivity index (χ1) is 13.7. The normalized spacial score (nSPS) is 16.6. The van der Waals surface area contributed by atoms with Gasteiger partial charge in [-0.2, -0.15) is 0 Å². The number of sulfone groups is 1. The van der Waals surface area contributed by atoms with Gasteiger partial charge in [0.05, 0.1) is 10.6 Å². The van der Waals surface area contributed by atoms with Crippen LogP contribution in [0.1, 0.15) is 35.3 Å². The molecule has 2 amide bonds. The van der Waals surface area contributed by atoms with E-state index in [4.69, 9.17) is 0 Å². The lowest BCUT2D eigenvalue weighted by atomic mass is 10.0. The second-order valence-electron chi connectivity index (χ2n) is 7.75. The molecule has 1 aliphatic rings. The molecule has 0 fully saturated rings. The van der Waals surface area contributed by atoms with Gasteiger partial charge < -0.3 is 10.2 Å². The van der Waals surface area contributed by atoms with E-state index in [-0.39, 0.29) is 41.5 Å². The Balaban J connectivity index is 1.82. The Labute approximate surface area is 171 Å². The van der Waals surface area contributed by atoms with E-state index < -0.39 is 15.9 Å². The second-order valence-corrected chi connectivity index (χ2v) is 9.83. The highest BCUT2D eigenvalue weighted by atomic mass is 32.2. The molecule has 0 aromatic heterocycles. The molecule has 1 aliphatic heterocycles. The molecule has 6 nitrogen and oxygen atoms in total. The zero-order valence-corrected chi connectivity index (χ0v) is 17.7. The van der Waals surface area contributed by atoms with Crippen LogP contribution in [0.3, 0.4) is 0 Å². The average Bonchev–Trinajstić information content (AvgIpc) is 2.82. The summed E-state index contributed by atoms with van der Waals surface area (Å²) in [4.78, 5) is 27.7. The van der Waals surface area contributed by atoms with Crippen LogP contribution in [0.2, 0.25) is 0 Å². The number of nitrogens with zero attached hydrogens (tertiary/aromatic N) is 1. The Bertz CT molecular complexity index is 1010. The molecule has 0 bridgehead atoms. The summed E-state index contributed by atoms with van der Waals surface area (Å²) in [5.41, 5.74) is 2.13. The highest BCUT2D eigenvalue weighted by Gasteiger charge is 2.33. The first-order valence-corrected chi connectivity index (χ1v) is 11.3. The summed E-state index contributed by atoms with van der Waals surface area (Å²) < 4.78 is 25.1. The molecule has 1 unspecified atom stereocenters. The van der Waals surface area contributed by atoms with Gasteiger partial charge in [0, 0.05) is 18.7 Å². The maximum absolute atomic E-state index is 13.3. The van der Waals surface area contributed by atoms with Crippen molar-refractivity contribution < 1.29 is 18.0 Å². The Morgan fingerprint density at radius 1 is 1.03 bits per heavy atom. The molecule has 7 heteroatoms. The highest BCUT2D eigenvalue weighted by Crippen LogP contribution is 2.23. The lowest BCUT2D eigenvalue weighted by Gasteiger charge is -2.29. The van der Waals surface area contributed by atoms with Crippen LogP contribution in [0.4, 0.5) is 0 Å². The third kappa shape index (κ3) is 4.67. The standard InChI is InChI=1S/C22H26N2O4S/c1-15(2)20(23-21(25)17-10-8-16(3)9-11-17)22(26)24-12-13-29(27,28)19-7-5-4-6-18(19)14-24/h4-11,15,20H,12-14H2,1-3H3,(H,23,25). The monoisotopic (exact) mass is 414 g/mol. The number of carbonyl (C=O) groups is 2. The van der Waals surface area contributed by atoms with Crippen LogP contribution in [-0.2, 0) is 21.2 Å². The predicted octanol–water partition coefficient (Wildman–Crippen LogP) is 2.57. The molecule has 3 rings (SSSR count). The molecule has 1 heterocycles. The maximum atomic E-state index is 13.3. The van der Waals surface area contributed by atoms with Crippen LogP contribution in [0.5, 0.6) is 0 Å². The van der Waals surface area contributed by atoms with Gasteiger partial charge in [0.2, 0.25) is 5.91 Å². The SMILES string of the molecule is Cc1ccc(C(=O)NC(C(=O)N2CCS(=O)(=O)c3ccccc3C2)C(C)C)cc1. The van der Waals surface area contributed by atoms with Crippen molar-refractivity contribution in [2.45, 2.75) is 38.3 Å². The number of hydrogen-bond donors (Lipinski definition) is 1. The van der Waals surface area contributed by atoms with Crippen molar-refractivity contribution in [2.75, 3.05) is 12.3 Å². The van der Waals surface area contributed by atoms with Crippen LogP contribution in [-0.4, -0.2) is 43.5 Å². The van der Waals surface area contributed by atoms with E-state index in [1.807, 2.05) is 32.9 Å². The number of nitrogens with one attached hydrogen (secondary N) is 1. The lowest BCUT2D eigenvalue weighted by Crippen LogP contribution is -2.51. The van der Waals surface area contributed by atoms with E-state index in [1.54, 1.807) is 36.4 Å². The maximum Gasteiger partial charge on any atom is 0.251 e. The Morgan fingerprint density at radius 2 is 1.69 bits per heavy atom. The summed E-state index contributed by atoms with van der Waals surface area (Å²) in [7, 11) is -3.44. The number of carbonyl (C=O) groups excluding carboxylic acids is 2. The van der Waals surface area contributed by atoms with Crippen LogP contribution in [0, 0.1) is 12.8 Å². The minimum absolute atomic E-state index is 0.0967. The van der Waals surface area contributed by atoms with Gasteiger partial charge in [0.1, 0.15) is 6.04 Å². The molecule has 29 heavy (non-hydrogen) atoms. The van der Waals surface area contributed by atoms with E-state index in [1.165, 1.54) is 4.90 Å². The summed E-state index contributed by atoms with van der Waals surface area (Å²) in [6, 6.07) is 13.2. The third-order valence-electron chi connectivity index (χ3n) is 5.14. The Morgan fingerprint density at radius 3 is 2.34 bits per heavy atom. The van der Waals surface area contributed by atoms with Gasteiger partial charge in [-0.15, -0.1) is 0 Å². The number of fused-ring (bicyclic) bond motifs is 1. The smallest absolute Gasteiger partial charge is 0.251 e. The van der Waals surface area contributed by atoms with E-state index in [9.17, 15) is 18.0 Å². The molecule has 0 radical (unpaired) electrons. The first-order valence-electron chi connectivity index (χ1n) is 9.66. The van der Waals surface area contributed by atoms with Gasteiger partial charge in [0.25, 0.3) is 5.91 Å². The summed E-state index contributed by atoms with van der Waals surface area (Å²) in [6.07, 6.45) is 0. The second kappa shape index (κ2) is 8.37. The molecule has 154 valence electrons. The van der Waals surface area contributed by atoms with Crippen molar-refractivity contribution in [3.05, 3.63) is 65.2 Å². The molecule has 0 saturated carbocycles. The van der Waals surface area contributed by atoms with Crippen molar-refractivity contribution in [2.24, 2.45) is 5.92 Å². The molecule has 2 aromatic carbocycles. The zero-order chi connectivity index (χ0) is 21.2. The zero-order valence-electron chi connectivity index (χ0n) is 16.9. The summed E-state index contributed by atoms with van der Waals surface area (Å²) in [5, 5.41) is 2.83. The molecular weight excluding hydrogens is 388 g/mol. The van der Waals surface area contributed by atoms with Crippen LogP contribution < -0.4 is 5.32 Å². The molecule has 0 saturated heterocycles. The summed E-state index contributed by atoms with van der Waals surface area (Å²) in [6.45, 7) is 5.96. The molecule has 2 aromatic rings. The van der Waals surface area contributed by atoms with Crippen molar-refractivity contribution in [3.63, 3.8) is 0 Å². The summed E-state index contributed by atoms with van der Waals surface area (Å²) >= 11 is 0. The number of benzene rings is 2. The van der Waals surface area contributed by atoms with Gasteiger partial charge in [0.15, 0.2) is 9.84 Å². The fourth-order valence-electron chi connectivity index (χ4n) is 3.39. The lowest BCUT2D eigenvalue weighted by molar-refractivity contribution is -0.134. The topological polar surface area (TPSA) is 83.6 Å². The molecule has 1 atom stereocenters. The predicted molar refractivity (Wildman–Crippen MR) is 111 cm³/mol. The number of hydrogen-bond acceptors (Lipinski definition) is 4. The largest absolute Gasteiger partial charge is 0.340 e. The van der Waals surface area contributed by atoms with Gasteiger partial charge in [-0.1, -0.05) is 49.7 Å². The minimum atomic E-state index is -3.44. The average molecular weight is 415 g/mol. The van der Waals surface area contributed by atoms with Crippen molar-refractivity contribution >= 4 is 21.7 Å². The number of rotatable bonds is 4. The quantitative estimate of drug-likeness (QED) is 0.833. The Kier molecular flexibility index (Phi) is 6.07. The van der Waals surface area contributed by atoms with Crippen molar-refractivity contribution in [1.82, 2.24) is 10.2 Å². The van der Waals surface area contributed by atoms with Gasteiger partial charge in [-0.3, -0.25) is 9.59 Å². The summed E-state index contributed by atoms with van der Waals surface area (Å²) in [5.74, 6) is -0.869. The molecular formula is C22H26N2O4S. The minimum Gasteiger partial charge on any atom is -0.340 e. The van der Waals surface area contributed by atoms with Crippen molar-refractivity contribution in [3.8, 4) is 0 Å². The van der Waals surface area contributed by atoms with Gasteiger partial charge in [-0.25, -0.2) is 8.42 Å². The van der Waals surface area contributed by atoms with Crippen LogP contribution >= 0.6 is 0 Å². The highest BCUT2D eigenvalue weighted by molar-refractivity contribution is 7.91. The van der Waals surface area contributed by atoms with Crippen LogP contribution in [0.25, 0.3) is 0 Å². The van der Waals surface area contributed by atoms with E-state index in [2.05, 4.69) is 5.32 Å². The molecule has 0 spiro atoms. The van der Waals surface area contributed by atoms with Gasteiger partial charge >= 0.3 is 0 Å². The fourth-order valence-corrected chi connectivity index (χ4v) is 4.89. The number of amides is 2. The Hall–Kier alpha value is -2.67. The van der Waals surface area contributed by atoms with Crippen molar-refractivity contribution in [1.29, 1.82) is 0 Å². The molecule has 1 N–H and O–H groups in total. The fraction of sp³-hybridized carbons (Fsp3) is 0.364. The van der Waals surface area contributed by atoms with Crippen LogP contribution in [0.15, 0.2) is 53.4 Å². The first kappa shape index (κ1) is 21.0.